The van der Waals surface area contributed by atoms with E-state index < -0.39 is 24.1 Å². The quantitative estimate of drug-likeness (QED) is 0.694. The predicted octanol–water partition coefficient (Wildman–Crippen LogP) is -0.288. The third-order valence-corrected chi connectivity index (χ3v) is 2.92. The minimum Gasteiger partial charge on any atom is -0.480 e. The van der Waals surface area contributed by atoms with E-state index in [4.69, 9.17) is 9.63 Å². The smallest absolute Gasteiger partial charge is 0.326 e. The molecule has 104 valence electrons. The Morgan fingerprint density at radius 2 is 2.37 bits per heavy atom. The van der Waals surface area contributed by atoms with E-state index in [9.17, 15) is 14.7 Å². The van der Waals surface area contributed by atoms with E-state index >= 15 is 0 Å². The second-order valence-electron chi connectivity index (χ2n) is 4.48. The lowest BCUT2D eigenvalue weighted by atomic mass is 10.2. The first kappa shape index (κ1) is 13.3. The normalized spacial score (nSPS) is 22.5. The van der Waals surface area contributed by atoms with Gasteiger partial charge >= 0.3 is 12.0 Å². The molecule has 1 aliphatic rings. The molecule has 2 rings (SSSR count). The van der Waals surface area contributed by atoms with Gasteiger partial charge in [0, 0.05) is 19.0 Å². The number of carboxylic acids is 1. The summed E-state index contributed by atoms with van der Waals surface area (Å²) >= 11 is 0. The number of aliphatic hydroxyl groups excluding tert-OH is 1. The molecule has 0 bridgehead atoms. The maximum Gasteiger partial charge on any atom is 0.326 e. The van der Waals surface area contributed by atoms with Gasteiger partial charge < -0.3 is 25.0 Å². The molecule has 8 nitrogen and oxygen atoms in total. The Morgan fingerprint density at radius 3 is 2.95 bits per heavy atom. The number of nitrogens with one attached hydrogen (secondary N) is 1. The van der Waals surface area contributed by atoms with Crippen LogP contribution in [0.2, 0.25) is 0 Å². The summed E-state index contributed by atoms with van der Waals surface area (Å²) in [5, 5.41) is 24.7. The third-order valence-electron chi connectivity index (χ3n) is 2.92. The number of likely N-dealkylation sites (tertiary alicyclic amines) is 1. The fourth-order valence-electron chi connectivity index (χ4n) is 2.04. The number of carbonyl (C=O) groups excluding carboxylic acids is 1. The molecular weight excluding hydrogens is 254 g/mol. The molecule has 1 saturated heterocycles. The summed E-state index contributed by atoms with van der Waals surface area (Å²) in [7, 11) is 0. The van der Waals surface area contributed by atoms with Gasteiger partial charge in [0.15, 0.2) is 0 Å². The molecule has 0 aliphatic carbocycles. The lowest BCUT2D eigenvalue weighted by Crippen LogP contribution is -2.46. The molecular formula is C11H15N3O5. The van der Waals surface area contributed by atoms with Crippen molar-refractivity contribution in [3.8, 4) is 0 Å². The topological polar surface area (TPSA) is 116 Å². The van der Waals surface area contributed by atoms with Crippen LogP contribution in [0, 0.1) is 6.92 Å². The molecule has 1 fully saturated rings. The van der Waals surface area contributed by atoms with Crippen molar-refractivity contribution in [2.75, 3.05) is 6.54 Å². The molecule has 2 heterocycles. The Balaban J connectivity index is 1.93. The Hall–Kier alpha value is -2.09. The number of aryl methyl sites for hydroxylation is 1. The van der Waals surface area contributed by atoms with Gasteiger partial charge in [0.05, 0.1) is 12.6 Å². The number of urea groups is 1. The van der Waals surface area contributed by atoms with Crippen molar-refractivity contribution in [3.05, 3.63) is 17.5 Å². The molecule has 1 aromatic rings. The van der Waals surface area contributed by atoms with Crippen molar-refractivity contribution in [2.24, 2.45) is 0 Å². The lowest BCUT2D eigenvalue weighted by Gasteiger charge is -2.21. The van der Waals surface area contributed by atoms with Gasteiger partial charge in [-0.1, -0.05) is 5.16 Å². The van der Waals surface area contributed by atoms with Crippen molar-refractivity contribution >= 4 is 12.0 Å². The van der Waals surface area contributed by atoms with E-state index in [-0.39, 0.29) is 19.5 Å². The minimum atomic E-state index is -1.12. The highest BCUT2D eigenvalue weighted by Crippen LogP contribution is 2.18. The molecule has 1 aliphatic heterocycles. The van der Waals surface area contributed by atoms with Crippen LogP contribution in [0.4, 0.5) is 4.79 Å². The second-order valence-corrected chi connectivity index (χ2v) is 4.48. The van der Waals surface area contributed by atoms with Crippen LogP contribution in [0.25, 0.3) is 0 Å². The molecule has 3 N–H and O–H groups in total. The molecule has 0 saturated carbocycles. The number of carboxylic acid groups (broad SMARTS) is 1. The SMILES string of the molecule is Cc1cc(CNC(=O)N2CC(O)C[C@H]2C(=O)O)no1. The summed E-state index contributed by atoms with van der Waals surface area (Å²) < 4.78 is 4.85. The molecule has 0 spiro atoms. The van der Waals surface area contributed by atoms with Crippen LogP contribution in [-0.4, -0.2) is 51.0 Å². The Morgan fingerprint density at radius 1 is 1.63 bits per heavy atom. The fourth-order valence-corrected chi connectivity index (χ4v) is 2.04. The monoisotopic (exact) mass is 269 g/mol. The zero-order valence-corrected chi connectivity index (χ0v) is 10.4. The highest BCUT2D eigenvalue weighted by molar-refractivity contribution is 5.83. The van der Waals surface area contributed by atoms with Gasteiger partial charge in [0.1, 0.15) is 17.5 Å². The zero-order valence-electron chi connectivity index (χ0n) is 10.4. The molecule has 1 aromatic heterocycles. The number of aliphatic hydroxyl groups is 1. The van der Waals surface area contributed by atoms with Crippen molar-refractivity contribution in [3.63, 3.8) is 0 Å². The van der Waals surface area contributed by atoms with Crippen LogP contribution >= 0.6 is 0 Å². The van der Waals surface area contributed by atoms with E-state index in [1.807, 2.05) is 0 Å². The van der Waals surface area contributed by atoms with Gasteiger partial charge in [0.2, 0.25) is 0 Å². The molecule has 0 radical (unpaired) electrons. The number of hydrogen-bond acceptors (Lipinski definition) is 5. The Kier molecular flexibility index (Phi) is 3.70. The summed E-state index contributed by atoms with van der Waals surface area (Å²) in [6.07, 6.45) is -0.757. The van der Waals surface area contributed by atoms with Crippen molar-refractivity contribution in [2.45, 2.75) is 32.0 Å². The molecule has 19 heavy (non-hydrogen) atoms. The minimum absolute atomic E-state index is 0.0145. The summed E-state index contributed by atoms with van der Waals surface area (Å²) in [6, 6.07) is 0.145. The number of amides is 2. The lowest BCUT2D eigenvalue weighted by molar-refractivity contribution is -0.141. The molecule has 2 amide bonds. The predicted molar refractivity (Wildman–Crippen MR) is 62.2 cm³/mol. The van der Waals surface area contributed by atoms with E-state index in [0.717, 1.165) is 4.90 Å². The average molecular weight is 269 g/mol. The van der Waals surface area contributed by atoms with Gasteiger partial charge in [0.25, 0.3) is 0 Å². The molecule has 2 atom stereocenters. The first-order valence-electron chi connectivity index (χ1n) is 5.85. The Bertz CT molecular complexity index is 486. The second kappa shape index (κ2) is 5.27. The number of nitrogens with zero attached hydrogens (tertiary/aromatic N) is 2. The maximum absolute atomic E-state index is 11.9. The standard InChI is InChI=1S/C11H15N3O5/c1-6-2-7(13-19-6)4-12-11(18)14-5-8(15)3-9(14)10(16)17/h2,8-9,15H,3-5H2,1H3,(H,12,18)(H,16,17)/t8?,9-/m0/s1. The summed E-state index contributed by atoms with van der Waals surface area (Å²) in [5.74, 6) is -0.492. The van der Waals surface area contributed by atoms with Crippen LogP contribution in [0.3, 0.4) is 0 Å². The Labute approximate surface area is 109 Å². The van der Waals surface area contributed by atoms with Gasteiger partial charge in [-0.2, -0.15) is 0 Å². The maximum atomic E-state index is 11.9. The number of rotatable bonds is 3. The van der Waals surface area contributed by atoms with Gasteiger partial charge in [-0.25, -0.2) is 9.59 Å². The van der Waals surface area contributed by atoms with E-state index in [2.05, 4.69) is 10.5 Å². The van der Waals surface area contributed by atoms with E-state index in [0.29, 0.717) is 11.5 Å². The number of carbonyl (C=O) groups is 2. The first-order valence-corrected chi connectivity index (χ1v) is 5.85. The average Bonchev–Trinajstić information content (AvgIpc) is 2.92. The number of hydrogen-bond donors (Lipinski definition) is 3. The van der Waals surface area contributed by atoms with Crippen LogP contribution < -0.4 is 5.32 Å². The van der Waals surface area contributed by atoms with Gasteiger partial charge in [-0.3, -0.25) is 0 Å². The largest absolute Gasteiger partial charge is 0.480 e. The van der Waals surface area contributed by atoms with Gasteiger partial charge in [-0.15, -0.1) is 0 Å². The van der Waals surface area contributed by atoms with Gasteiger partial charge in [-0.05, 0) is 6.92 Å². The first-order chi connectivity index (χ1) is 8.97. The zero-order chi connectivity index (χ0) is 14.0. The third kappa shape index (κ3) is 3.02. The summed E-state index contributed by atoms with van der Waals surface area (Å²) in [4.78, 5) is 24.0. The highest BCUT2D eigenvalue weighted by Gasteiger charge is 2.38. The fraction of sp³-hybridized carbons (Fsp3) is 0.545. The highest BCUT2D eigenvalue weighted by atomic mass is 16.5. The number of aromatic nitrogens is 1. The summed E-state index contributed by atoms with van der Waals surface area (Å²) in [6.45, 7) is 1.89. The van der Waals surface area contributed by atoms with Crippen molar-refractivity contribution in [1.82, 2.24) is 15.4 Å². The van der Waals surface area contributed by atoms with Crippen LogP contribution in [0.15, 0.2) is 10.6 Å². The molecule has 0 aromatic carbocycles. The van der Waals surface area contributed by atoms with Crippen LogP contribution in [-0.2, 0) is 11.3 Å². The van der Waals surface area contributed by atoms with E-state index in [1.165, 1.54) is 0 Å². The van der Waals surface area contributed by atoms with Crippen molar-refractivity contribution in [1.29, 1.82) is 0 Å². The van der Waals surface area contributed by atoms with Crippen LogP contribution in [0.5, 0.6) is 0 Å². The van der Waals surface area contributed by atoms with Crippen molar-refractivity contribution < 1.29 is 24.3 Å². The number of β-amino-alcohol motifs (C(OH)–C–C–N with tert-alkyl or cyclic N) is 1. The summed E-state index contributed by atoms with van der Waals surface area (Å²) in [5.41, 5.74) is 0.553. The number of aliphatic carboxylic acids is 1. The van der Waals surface area contributed by atoms with Crippen LogP contribution in [0.1, 0.15) is 17.9 Å². The molecule has 8 heteroatoms. The molecule has 1 unspecified atom stereocenters. The van der Waals surface area contributed by atoms with E-state index in [1.54, 1.807) is 13.0 Å².